The minimum absolute atomic E-state index is 0.115. The summed E-state index contributed by atoms with van der Waals surface area (Å²) in [5.74, 6) is 1.42. The number of methoxy groups -OCH3 is 1. The molecule has 2 N–H and O–H groups in total. The Morgan fingerprint density at radius 3 is 2.72 bits per heavy atom. The van der Waals surface area contributed by atoms with Gasteiger partial charge in [0.05, 0.1) is 19.9 Å². The highest BCUT2D eigenvalue weighted by molar-refractivity contribution is 5.80. The summed E-state index contributed by atoms with van der Waals surface area (Å²) in [6, 6.07) is 15.7. The average Bonchev–Trinajstić information content (AvgIpc) is 3.06. The standard InChI is InChI=1S/C17H18N6O2/c1-24-16-11-14(12-19-23-17(18)20-21-22-23)7-8-15(16)25-10-9-13-5-3-2-4-6-13/h2-8,11-12H,9-10H2,1H3,(H2,18,20,22)/b19-12-. The van der Waals surface area contributed by atoms with Crippen LogP contribution in [-0.4, -0.2) is 40.2 Å². The van der Waals surface area contributed by atoms with Crippen molar-refractivity contribution in [1.82, 2.24) is 20.3 Å². The molecule has 0 saturated heterocycles. The van der Waals surface area contributed by atoms with E-state index in [0.29, 0.717) is 18.1 Å². The monoisotopic (exact) mass is 338 g/mol. The molecule has 128 valence electrons. The molecule has 25 heavy (non-hydrogen) atoms. The van der Waals surface area contributed by atoms with Crippen molar-refractivity contribution in [2.45, 2.75) is 6.42 Å². The van der Waals surface area contributed by atoms with Gasteiger partial charge in [-0.3, -0.25) is 0 Å². The fourth-order valence-corrected chi connectivity index (χ4v) is 2.20. The van der Waals surface area contributed by atoms with E-state index in [1.807, 2.05) is 36.4 Å². The zero-order chi connectivity index (χ0) is 17.5. The second kappa shape index (κ2) is 7.91. The third kappa shape index (κ3) is 4.31. The maximum atomic E-state index is 5.83. The molecule has 0 aliphatic heterocycles. The van der Waals surface area contributed by atoms with Gasteiger partial charge in [-0.2, -0.15) is 5.10 Å². The number of nitrogen functional groups attached to an aromatic ring is 1. The normalized spacial score (nSPS) is 10.9. The van der Waals surface area contributed by atoms with E-state index < -0.39 is 0 Å². The molecule has 3 rings (SSSR count). The number of anilines is 1. The summed E-state index contributed by atoms with van der Waals surface area (Å²) in [6.45, 7) is 0.564. The Bertz CT molecular complexity index is 847. The molecule has 0 saturated carbocycles. The first kappa shape index (κ1) is 16.4. The highest BCUT2D eigenvalue weighted by Gasteiger charge is 2.06. The largest absolute Gasteiger partial charge is 0.493 e. The quantitative estimate of drug-likeness (QED) is 0.659. The molecule has 1 aromatic heterocycles. The van der Waals surface area contributed by atoms with Crippen LogP contribution in [0.15, 0.2) is 53.6 Å². The van der Waals surface area contributed by atoms with Gasteiger partial charge in [0, 0.05) is 6.42 Å². The molecule has 0 fully saturated rings. The van der Waals surface area contributed by atoms with E-state index in [1.54, 1.807) is 13.3 Å². The summed E-state index contributed by atoms with van der Waals surface area (Å²) in [5, 5.41) is 14.7. The Morgan fingerprint density at radius 1 is 1.16 bits per heavy atom. The lowest BCUT2D eigenvalue weighted by atomic mass is 10.2. The minimum Gasteiger partial charge on any atom is -0.493 e. The molecule has 0 unspecified atom stereocenters. The van der Waals surface area contributed by atoms with Crippen LogP contribution in [0.2, 0.25) is 0 Å². The van der Waals surface area contributed by atoms with Crippen LogP contribution >= 0.6 is 0 Å². The summed E-state index contributed by atoms with van der Waals surface area (Å²) in [6.07, 6.45) is 2.41. The lowest BCUT2D eigenvalue weighted by Crippen LogP contribution is -2.03. The molecule has 8 heteroatoms. The molecule has 0 radical (unpaired) electrons. The number of aromatic nitrogens is 4. The van der Waals surface area contributed by atoms with E-state index in [4.69, 9.17) is 15.2 Å². The molecule has 0 aliphatic rings. The fraction of sp³-hybridized carbons (Fsp3) is 0.176. The van der Waals surface area contributed by atoms with Gasteiger partial charge in [-0.25, -0.2) is 0 Å². The molecule has 0 amide bonds. The fourth-order valence-electron chi connectivity index (χ4n) is 2.20. The maximum Gasteiger partial charge on any atom is 0.263 e. The van der Waals surface area contributed by atoms with Crippen molar-refractivity contribution in [2.24, 2.45) is 5.10 Å². The van der Waals surface area contributed by atoms with Crippen LogP contribution in [0.25, 0.3) is 0 Å². The first-order valence-corrected chi connectivity index (χ1v) is 7.69. The summed E-state index contributed by atoms with van der Waals surface area (Å²) < 4.78 is 11.2. The van der Waals surface area contributed by atoms with Crippen molar-refractivity contribution in [1.29, 1.82) is 0 Å². The van der Waals surface area contributed by atoms with E-state index in [0.717, 1.165) is 16.8 Å². The molecule has 0 aliphatic carbocycles. The summed E-state index contributed by atoms with van der Waals surface area (Å²) >= 11 is 0. The van der Waals surface area contributed by atoms with Gasteiger partial charge in [-0.15, -0.1) is 0 Å². The number of nitrogens with zero attached hydrogens (tertiary/aromatic N) is 5. The van der Waals surface area contributed by atoms with Gasteiger partial charge in [0.25, 0.3) is 5.95 Å². The van der Waals surface area contributed by atoms with Crippen molar-refractivity contribution in [3.63, 3.8) is 0 Å². The number of hydrogen-bond donors (Lipinski definition) is 1. The van der Waals surface area contributed by atoms with E-state index in [9.17, 15) is 0 Å². The molecule has 0 spiro atoms. The molecular formula is C17H18N6O2. The van der Waals surface area contributed by atoms with Crippen LogP contribution in [0.5, 0.6) is 11.5 Å². The van der Waals surface area contributed by atoms with Crippen molar-refractivity contribution < 1.29 is 9.47 Å². The Balaban J connectivity index is 1.65. The Hall–Kier alpha value is -3.42. The Kier molecular flexibility index (Phi) is 5.20. The highest BCUT2D eigenvalue weighted by atomic mass is 16.5. The molecule has 0 bridgehead atoms. The third-order valence-electron chi connectivity index (χ3n) is 3.47. The van der Waals surface area contributed by atoms with E-state index in [1.165, 1.54) is 5.56 Å². The number of nitrogens with two attached hydrogens (primary N) is 1. The number of tetrazole rings is 1. The van der Waals surface area contributed by atoms with Gasteiger partial charge >= 0.3 is 0 Å². The SMILES string of the molecule is COc1cc(/C=N\n2nnnc2N)ccc1OCCc1ccccc1. The highest BCUT2D eigenvalue weighted by Crippen LogP contribution is 2.27. The van der Waals surface area contributed by atoms with E-state index in [2.05, 4.69) is 32.8 Å². The topological polar surface area (TPSA) is 100 Å². The number of benzene rings is 2. The lowest BCUT2D eigenvalue weighted by molar-refractivity contribution is 0.297. The maximum absolute atomic E-state index is 5.83. The Morgan fingerprint density at radius 2 is 2.00 bits per heavy atom. The molecular weight excluding hydrogens is 320 g/mol. The smallest absolute Gasteiger partial charge is 0.263 e. The van der Waals surface area contributed by atoms with Gasteiger partial charge < -0.3 is 15.2 Å². The van der Waals surface area contributed by atoms with Crippen LogP contribution < -0.4 is 15.2 Å². The summed E-state index contributed by atoms with van der Waals surface area (Å²) in [4.78, 5) is 1.14. The van der Waals surface area contributed by atoms with Crippen molar-refractivity contribution in [3.05, 3.63) is 59.7 Å². The average molecular weight is 338 g/mol. The molecule has 1 heterocycles. The predicted octanol–water partition coefficient (Wildman–Crippen LogP) is 1.77. The zero-order valence-corrected chi connectivity index (χ0v) is 13.7. The van der Waals surface area contributed by atoms with Crippen LogP contribution in [0, 0.1) is 0 Å². The first-order chi connectivity index (χ1) is 12.3. The van der Waals surface area contributed by atoms with Crippen molar-refractivity contribution in [2.75, 3.05) is 19.5 Å². The number of hydrogen-bond acceptors (Lipinski definition) is 7. The zero-order valence-electron chi connectivity index (χ0n) is 13.7. The summed E-state index contributed by atoms with van der Waals surface area (Å²) in [7, 11) is 1.60. The van der Waals surface area contributed by atoms with Gasteiger partial charge in [0.1, 0.15) is 0 Å². The molecule has 8 nitrogen and oxygen atoms in total. The van der Waals surface area contributed by atoms with Crippen molar-refractivity contribution >= 4 is 12.2 Å². The van der Waals surface area contributed by atoms with Gasteiger partial charge in [0.2, 0.25) is 0 Å². The predicted molar refractivity (Wildman–Crippen MR) is 93.9 cm³/mol. The first-order valence-electron chi connectivity index (χ1n) is 7.69. The second-order valence-corrected chi connectivity index (χ2v) is 5.17. The minimum atomic E-state index is 0.115. The number of rotatable bonds is 7. The molecule has 3 aromatic rings. The third-order valence-corrected chi connectivity index (χ3v) is 3.47. The van der Waals surface area contributed by atoms with Crippen molar-refractivity contribution in [3.8, 4) is 11.5 Å². The summed E-state index contributed by atoms with van der Waals surface area (Å²) in [5.41, 5.74) is 7.59. The van der Waals surface area contributed by atoms with Gasteiger partial charge in [-0.05, 0) is 39.8 Å². The molecule has 0 atom stereocenters. The van der Waals surface area contributed by atoms with Gasteiger partial charge in [-0.1, -0.05) is 40.2 Å². The van der Waals surface area contributed by atoms with Gasteiger partial charge in [0.15, 0.2) is 11.5 Å². The molecule has 2 aromatic carbocycles. The van der Waals surface area contributed by atoms with Crippen LogP contribution in [-0.2, 0) is 6.42 Å². The van der Waals surface area contributed by atoms with Crippen LogP contribution in [0.3, 0.4) is 0 Å². The number of ether oxygens (including phenoxy) is 2. The van der Waals surface area contributed by atoms with Crippen LogP contribution in [0.1, 0.15) is 11.1 Å². The lowest BCUT2D eigenvalue weighted by Gasteiger charge is -2.11. The van der Waals surface area contributed by atoms with Crippen LogP contribution in [0.4, 0.5) is 5.95 Å². The van der Waals surface area contributed by atoms with E-state index >= 15 is 0 Å². The Labute approximate surface area is 144 Å². The second-order valence-electron chi connectivity index (χ2n) is 5.17. The van der Waals surface area contributed by atoms with E-state index in [-0.39, 0.29) is 5.95 Å².